The third-order valence-corrected chi connectivity index (χ3v) is 11.6. The van der Waals surface area contributed by atoms with E-state index in [1.54, 1.807) is 4.31 Å². The Bertz CT molecular complexity index is 1090. The number of aliphatic carboxylic acids is 1. The summed E-state index contributed by atoms with van der Waals surface area (Å²) in [6.07, 6.45) is 7.21. The monoisotopic (exact) mass is 459 g/mol. The fourth-order valence-corrected chi connectivity index (χ4v) is 9.94. The molecular weight excluding hydrogens is 426 g/mol. The van der Waals surface area contributed by atoms with Gasteiger partial charge in [0.05, 0.1) is 17.8 Å². The number of carbonyl (C=O) groups is 1. The molecule has 0 aromatic heterocycles. The van der Waals surface area contributed by atoms with Crippen molar-refractivity contribution >= 4 is 22.1 Å². The second-order valence-electron chi connectivity index (χ2n) is 11.1. The number of nitrogens with zero attached hydrogens (tertiary/aromatic N) is 1. The van der Waals surface area contributed by atoms with Crippen molar-refractivity contribution in [1.29, 1.82) is 0 Å². The summed E-state index contributed by atoms with van der Waals surface area (Å²) in [5.41, 5.74) is -0.447. The molecule has 174 valence electrons. The van der Waals surface area contributed by atoms with E-state index in [-0.39, 0.29) is 17.1 Å². The molecular formula is C25H33NO5S. The van der Waals surface area contributed by atoms with E-state index < -0.39 is 38.8 Å². The van der Waals surface area contributed by atoms with E-state index in [4.69, 9.17) is 0 Å². The van der Waals surface area contributed by atoms with E-state index >= 15 is 0 Å². The maximum atomic E-state index is 13.7. The summed E-state index contributed by atoms with van der Waals surface area (Å²) in [6.45, 7) is 4.92. The van der Waals surface area contributed by atoms with Gasteiger partial charge in [-0.1, -0.05) is 50.3 Å². The molecule has 1 heterocycles. The molecule has 32 heavy (non-hydrogen) atoms. The maximum absolute atomic E-state index is 13.7. The van der Waals surface area contributed by atoms with E-state index in [1.165, 1.54) is 11.1 Å². The first-order valence-electron chi connectivity index (χ1n) is 11.7. The molecule has 4 aliphatic rings. The molecule has 2 bridgehead atoms. The lowest BCUT2D eigenvalue weighted by Crippen LogP contribution is -2.56. The summed E-state index contributed by atoms with van der Waals surface area (Å²) in [5.74, 6) is -1.10. The van der Waals surface area contributed by atoms with Gasteiger partial charge in [-0.25, -0.2) is 12.7 Å². The second kappa shape index (κ2) is 6.90. The molecule has 2 saturated carbocycles. The zero-order chi connectivity index (χ0) is 23.0. The summed E-state index contributed by atoms with van der Waals surface area (Å²) >= 11 is 0. The number of allylic oxidation sites excluding steroid dienone is 1. The first kappa shape index (κ1) is 22.1. The van der Waals surface area contributed by atoms with Crippen molar-refractivity contribution in [3.8, 4) is 0 Å². The van der Waals surface area contributed by atoms with Crippen LogP contribution in [0.3, 0.4) is 0 Å². The van der Waals surface area contributed by atoms with Crippen LogP contribution < -0.4 is 0 Å². The Morgan fingerprint density at radius 1 is 1.16 bits per heavy atom. The Balaban J connectivity index is 1.39. The van der Waals surface area contributed by atoms with Crippen LogP contribution in [0, 0.1) is 16.7 Å². The number of benzene rings is 1. The number of carboxylic acids is 1. The predicted octanol–water partition coefficient (Wildman–Crippen LogP) is 3.41. The van der Waals surface area contributed by atoms with Gasteiger partial charge in [-0.15, -0.1) is 0 Å². The molecule has 6 nitrogen and oxygen atoms in total. The van der Waals surface area contributed by atoms with E-state index in [0.29, 0.717) is 25.9 Å². The molecule has 3 fully saturated rings. The Labute approximate surface area is 190 Å². The predicted molar refractivity (Wildman–Crippen MR) is 123 cm³/mol. The number of hydrogen-bond acceptors (Lipinski definition) is 4. The lowest BCUT2D eigenvalue weighted by atomic mass is 9.63. The highest BCUT2D eigenvalue weighted by Gasteiger charge is 2.72. The molecule has 1 aromatic carbocycles. The molecule has 1 aromatic rings. The van der Waals surface area contributed by atoms with Crippen molar-refractivity contribution < 1.29 is 23.4 Å². The van der Waals surface area contributed by atoms with Gasteiger partial charge in [0.25, 0.3) is 0 Å². The molecule has 1 saturated heterocycles. The van der Waals surface area contributed by atoms with Gasteiger partial charge < -0.3 is 10.2 Å². The number of hydrogen-bond donors (Lipinski definition) is 2. The number of aliphatic hydroxyl groups is 1. The topological polar surface area (TPSA) is 94.9 Å². The maximum Gasteiger partial charge on any atom is 0.306 e. The third kappa shape index (κ3) is 2.90. The summed E-state index contributed by atoms with van der Waals surface area (Å²) in [5, 5.41) is 21.0. The van der Waals surface area contributed by atoms with Crippen LogP contribution in [-0.2, 0) is 20.2 Å². The third-order valence-electron chi connectivity index (χ3n) is 9.61. The largest absolute Gasteiger partial charge is 0.481 e. The number of fused-ring (bicyclic) bond motifs is 4. The Morgan fingerprint density at radius 3 is 2.50 bits per heavy atom. The standard InChI is InChI=1S/C25H33NO5S/c1-22(2)19-8-10-24(22,25(29,15-19)16-21(27)28)17-32(30,31)26-13-11-23(12-14-26)9-7-18-5-3-4-6-20(18)23/h3-7,9,19,29H,8,10-17H2,1-2H3,(H,27,28)/t19?,24-,25+/m1/s1. The van der Waals surface area contributed by atoms with Gasteiger partial charge >= 0.3 is 5.97 Å². The minimum atomic E-state index is -3.66. The van der Waals surface area contributed by atoms with Crippen LogP contribution in [0.2, 0.25) is 0 Å². The summed E-state index contributed by atoms with van der Waals surface area (Å²) < 4.78 is 29.0. The highest BCUT2D eigenvalue weighted by atomic mass is 32.2. The first-order chi connectivity index (χ1) is 14.9. The normalized spacial score (nSPS) is 34.8. The van der Waals surface area contributed by atoms with Gasteiger partial charge in [-0.3, -0.25) is 4.79 Å². The van der Waals surface area contributed by atoms with E-state index in [1.807, 2.05) is 26.0 Å². The number of piperidine rings is 1. The average Bonchev–Trinajstić information content (AvgIpc) is 3.23. The van der Waals surface area contributed by atoms with E-state index in [0.717, 1.165) is 19.3 Å². The van der Waals surface area contributed by atoms with Crippen LogP contribution >= 0.6 is 0 Å². The smallest absolute Gasteiger partial charge is 0.306 e. The molecule has 3 aliphatic carbocycles. The minimum absolute atomic E-state index is 0.101. The second-order valence-corrected chi connectivity index (χ2v) is 13.0. The van der Waals surface area contributed by atoms with Crippen LogP contribution in [0.1, 0.15) is 63.5 Å². The molecule has 2 N–H and O–H groups in total. The van der Waals surface area contributed by atoms with Crippen molar-refractivity contribution in [2.75, 3.05) is 18.8 Å². The van der Waals surface area contributed by atoms with Crippen molar-refractivity contribution in [2.45, 2.75) is 63.4 Å². The lowest BCUT2D eigenvalue weighted by molar-refractivity contribution is -0.152. The summed E-state index contributed by atoms with van der Waals surface area (Å²) in [4.78, 5) is 11.6. The molecule has 5 rings (SSSR count). The summed E-state index contributed by atoms with van der Waals surface area (Å²) in [6, 6.07) is 8.31. The summed E-state index contributed by atoms with van der Waals surface area (Å²) in [7, 11) is -3.66. The molecule has 3 atom stereocenters. The minimum Gasteiger partial charge on any atom is -0.481 e. The highest BCUT2D eigenvalue weighted by molar-refractivity contribution is 7.89. The van der Waals surface area contributed by atoms with Gasteiger partial charge in [0.15, 0.2) is 0 Å². The average molecular weight is 460 g/mol. The van der Waals surface area contributed by atoms with Gasteiger partial charge in [0, 0.05) is 23.9 Å². The van der Waals surface area contributed by atoms with Crippen molar-refractivity contribution in [1.82, 2.24) is 4.31 Å². The fourth-order valence-electron chi connectivity index (χ4n) is 7.61. The SMILES string of the molecule is CC1(C)C2CC[C@]1(CS(=O)(=O)N1CCC3(C=Cc4ccccc43)CC1)[C@@](O)(CC(=O)O)C2. The first-order valence-corrected chi connectivity index (χ1v) is 13.3. The van der Waals surface area contributed by atoms with Crippen LogP contribution in [0.25, 0.3) is 6.08 Å². The van der Waals surface area contributed by atoms with Crippen LogP contribution in [0.5, 0.6) is 0 Å². The number of sulfonamides is 1. The van der Waals surface area contributed by atoms with Gasteiger partial charge in [0.2, 0.25) is 10.0 Å². The van der Waals surface area contributed by atoms with E-state index in [2.05, 4.69) is 24.3 Å². The van der Waals surface area contributed by atoms with E-state index in [9.17, 15) is 23.4 Å². The number of carboxylic acid groups (broad SMARTS) is 1. The van der Waals surface area contributed by atoms with Gasteiger partial charge in [0.1, 0.15) is 0 Å². The highest BCUT2D eigenvalue weighted by Crippen LogP contribution is 2.71. The molecule has 1 spiro atoms. The van der Waals surface area contributed by atoms with Crippen molar-refractivity contribution in [2.24, 2.45) is 16.7 Å². The fraction of sp³-hybridized carbons (Fsp3) is 0.640. The molecule has 0 amide bonds. The molecule has 1 unspecified atom stereocenters. The lowest BCUT2D eigenvalue weighted by Gasteiger charge is -2.48. The van der Waals surface area contributed by atoms with Gasteiger partial charge in [-0.2, -0.15) is 0 Å². The zero-order valence-electron chi connectivity index (χ0n) is 18.9. The zero-order valence-corrected chi connectivity index (χ0v) is 19.7. The number of rotatable bonds is 5. The van der Waals surface area contributed by atoms with Crippen LogP contribution in [-0.4, -0.2) is 53.3 Å². The van der Waals surface area contributed by atoms with Gasteiger partial charge in [-0.05, 0) is 54.6 Å². The quantitative estimate of drug-likeness (QED) is 0.704. The van der Waals surface area contributed by atoms with Crippen LogP contribution in [0.4, 0.5) is 0 Å². The Kier molecular flexibility index (Phi) is 4.77. The van der Waals surface area contributed by atoms with Crippen molar-refractivity contribution in [3.05, 3.63) is 41.5 Å². The molecule has 7 heteroatoms. The van der Waals surface area contributed by atoms with Crippen molar-refractivity contribution in [3.63, 3.8) is 0 Å². The Morgan fingerprint density at radius 2 is 1.84 bits per heavy atom. The van der Waals surface area contributed by atoms with Crippen LogP contribution in [0.15, 0.2) is 30.3 Å². The molecule has 0 radical (unpaired) electrons. The Hall–Kier alpha value is -1.70. The molecule has 1 aliphatic heterocycles.